The fourth-order valence-electron chi connectivity index (χ4n) is 3.50. The standard InChI is InChI=1S/C21H19N3O5/c25-12-11-24-20(27)16-7-3-2-6-15(16)19(22-24)21(28)29-13-18(26)23-10-9-14-5-1-4-8-17(14)23/h1-8,25H,9-13H2. The summed E-state index contributed by atoms with van der Waals surface area (Å²) in [5, 5.41) is 13.8. The van der Waals surface area contributed by atoms with Gasteiger partial charge in [-0.1, -0.05) is 36.4 Å². The van der Waals surface area contributed by atoms with E-state index in [4.69, 9.17) is 9.84 Å². The van der Waals surface area contributed by atoms with Crippen molar-refractivity contribution in [3.05, 3.63) is 70.1 Å². The maximum absolute atomic E-state index is 12.7. The lowest BCUT2D eigenvalue weighted by Crippen LogP contribution is -2.34. The summed E-state index contributed by atoms with van der Waals surface area (Å²) in [6, 6.07) is 14.1. The number of aliphatic hydroxyl groups excluding tert-OH is 1. The Labute approximate surface area is 165 Å². The number of carbonyl (C=O) groups is 2. The van der Waals surface area contributed by atoms with E-state index in [1.165, 1.54) is 0 Å². The number of hydrogen-bond donors (Lipinski definition) is 1. The summed E-state index contributed by atoms with van der Waals surface area (Å²) in [6.45, 7) is -0.235. The van der Waals surface area contributed by atoms with E-state index < -0.39 is 18.1 Å². The molecular formula is C21H19N3O5. The van der Waals surface area contributed by atoms with Crippen molar-refractivity contribution in [2.75, 3.05) is 24.7 Å². The molecule has 2 aromatic carbocycles. The van der Waals surface area contributed by atoms with Gasteiger partial charge in [0.1, 0.15) is 0 Å². The first-order valence-corrected chi connectivity index (χ1v) is 9.26. The van der Waals surface area contributed by atoms with Crippen molar-refractivity contribution in [1.29, 1.82) is 0 Å². The lowest BCUT2D eigenvalue weighted by Gasteiger charge is -2.17. The Morgan fingerprint density at radius 1 is 1.07 bits per heavy atom. The molecular weight excluding hydrogens is 374 g/mol. The van der Waals surface area contributed by atoms with Gasteiger partial charge in [-0.05, 0) is 24.1 Å². The third-order valence-electron chi connectivity index (χ3n) is 4.89. The molecule has 1 N–H and O–H groups in total. The zero-order chi connectivity index (χ0) is 20.4. The quantitative estimate of drug-likeness (QED) is 0.652. The van der Waals surface area contributed by atoms with E-state index in [1.54, 1.807) is 29.2 Å². The largest absolute Gasteiger partial charge is 0.451 e. The van der Waals surface area contributed by atoms with E-state index in [9.17, 15) is 14.4 Å². The molecule has 8 heteroatoms. The fraction of sp³-hybridized carbons (Fsp3) is 0.238. The summed E-state index contributed by atoms with van der Waals surface area (Å²) >= 11 is 0. The molecule has 3 aromatic rings. The van der Waals surface area contributed by atoms with E-state index in [0.717, 1.165) is 22.4 Å². The molecule has 1 amide bonds. The van der Waals surface area contributed by atoms with Crippen LogP contribution in [0.25, 0.3) is 10.8 Å². The molecule has 0 atom stereocenters. The van der Waals surface area contributed by atoms with Crippen LogP contribution in [0.15, 0.2) is 53.3 Å². The number of anilines is 1. The first kappa shape index (κ1) is 18.8. The van der Waals surface area contributed by atoms with Crippen LogP contribution < -0.4 is 10.5 Å². The van der Waals surface area contributed by atoms with E-state index in [1.807, 2.05) is 24.3 Å². The average molecular weight is 393 g/mol. The third kappa shape index (κ3) is 3.50. The van der Waals surface area contributed by atoms with Crippen LogP contribution in [0.3, 0.4) is 0 Å². The molecule has 1 aliphatic heterocycles. The van der Waals surface area contributed by atoms with Gasteiger partial charge < -0.3 is 14.7 Å². The number of aliphatic hydroxyl groups is 1. The third-order valence-corrected chi connectivity index (χ3v) is 4.89. The summed E-state index contributed by atoms with van der Waals surface area (Å²) in [7, 11) is 0. The molecule has 0 aliphatic carbocycles. The second kappa shape index (κ2) is 7.84. The number of aromatic nitrogens is 2. The van der Waals surface area contributed by atoms with Crippen molar-refractivity contribution < 1.29 is 19.4 Å². The van der Waals surface area contributed by atoms with Crippen LogP contribution in [-0.2, 0) is 22.5 Å². The molecule has 0 saturated heterocycles. The van der Waals surface area contributed by atoms with Crippen molar-refractivity contribution in [3.8, 4) is 0 Å². The Morgan fingerprint density at radius 2 is 1.79 bits per heavy atom. The van der Waals surface area contributed by atoms with Crippen molar-refractivity contribution in [3.63, 3.8) is 0 Å². The fourth-order valence-corrected chi connectivity index (χ4v) is 3.50. The summed E-state index contributed by atoms with van der Waals surface area (Å²) in [5.74, 6) is -1.12. The molecule has 0 radical (unpaired) electrons. The SMILES string of the molecule is O=C(OCC(=O)N1CCc2ccccc21)c1nn(CCO)c(=O)c2ccccc12. The monoisotopic (exact) mass is 393 g/mol. The summed E-state index contributed by atoms with van der Waals surface area (Å²) in [6.07, 6.45) is 0.758. The zero-order valence-corrected chi connectivity index (χ0v) is 15.6. The van der Waals surface area contributed by atoms with Gasteiger partial charge in [-0.2, -0.15) is 5.10 Å². The number of para-hydroxylation sites is 1. The summed E-state index contributed by atoms with van der Waals surface area (Å²) in [5.41, 5.74) is 1.43. The van der Waals surface area contributed by atoms with Crippen molar-refractivity contribution in [1.82, 2.24) is 9.78 Å². The van der Waals surface area contributed by atoms with Gasteiger partial charge in [-0.15, -0.1) is 0 Å². The molecule has 1 aliphatic rings. The second-order valence-electron chi connectivity index (χ2n) is 6.65. The lowest BCUT2D eigenvalue weighted by molar-refractivity contribution is -0.121. The maximum Gasteiger partial charge on any atom is 0.359 e. The summed E-state index contributed by atoms with van der Waals surface area (Å²) in [4.78, 5) is 39.3. The van der Waals surface area contributed by atoms with Crippen molar-refractivity contribution in [2.45, 2.75) is 13.0 Å². The molecule has 148 valence electrons. The van der Waals surface area contributed by atoms with Gasteiger partial charge in [-0.3, -0.25) is 9.59 Å². The minimum absolute atomic E-state index is 0.0482. The van der Waals surface area contributed by atoms with Crippen LogP contribution in [0.5, 0.6) is 0 Å². The Bertz CT molecular complexity index is 1150. The Morgan fingerprint density at radius 3 is 2.59 bits per heavy atom. The van der Waals surface area contributed by atoms with Crippen molar-refractivity contribution >= 4 is 28.3 Å². The van der Waals surface area contributed by atoms with E-state index in [-0.39, 0.29) is 24.8 Å². The van der Waals surface area contributed by atoms with Crippen LogP contribution in [0.4, 0.5) is 5.69 Å². The number of benzene rings is 2. The Balaban J connectivity index is 1.56. The second-order valence-corrected chi connectivity index (χ2v) is 6.65. The highest BCUT2D eigenvalue weighted by Gasteiger charge is 2.26. The van der Waals surface area contributed by atoms with Gasteiger partial charge in [0.2, 0.25) is 0 Å². The van der Waals surface area contributed by atoms with Crippen LogP contribution >= 0.6 is 0 Å². The van der Waals surface area contributed by atoms with E-state index in [2.05, 4.69) is 5.10 Å². The van der Waals surface area contributed by atoms with Gasteiger partial charge in [-0.25, -0.2) is 9.48 Å². The van der Waals surface area contributed by atoms with Gasteiger partial charge in [0.15, 0.2) is 12.3 Å². The molecule has 0 saturated carbocycles. The Hall–Kier alpha value is -3.52. The first-order chi connectivity index (χ1) is 14.1. The van der Waals surface area contributed by atoms with E-state index in [0.29, 0.717) is 17.3 Å². The predicted molar refractivity (Wildman–Crippen MR) is 106 cm³/mol. The van der Waals surface area contributed by atoms with Gasteiger partial charge >= 0.3 is 5.97 Å². The topological polar surface area (TPSA) is 102 Å². The molecule has 0 spiro atoms. The highest BCUT2D eigenvalue weighted by molar-refractivity contribution is 6.03. The molecule has 29 heavy (non-hydrogen) atoms. The highest BCUT2D eigenvalue weighted by atomic mass is 16.5. The minimum atomic E-state index is -0.797. The molecule has 0 unspecified atom stereocenters. The molecule has 8 nitrogen and oxygen atoms in total. The number of ether oxygens (including phenoxy) is 1. The average Bonchev–Trinajstić information content (AvgIpc) is 3.18. The molecule has 4 rings (SSSR count). The lowest BCUT2D eigenvalue weighted by atomic mass is 10.1. The molecule has 2 heterocycles. The van der Waals surface area contributed by atoms with Crippen LogP contribution in [0.2, 0.25) is 0 Å². The molecule has 1 aromatic heterocycles. The van der Waals surface area contributed by atoms with E-state index >= 15 is 0 Å². The number of esters is 1. The summed E-state index contributed by atoms with van der Waals surface area (Å²) < 4.78 is 6.25. The first-order valence-electron chi connectivity index (χ1n) is 9.26. The molecule has 0 bridgehead atoms. The number of carbonyl (C=O) groups excluding carboxylic acids is 2. The number of hydrogen-bond acceptors (Lipinski definition) is 6. The van der Waals surface area contributed by atoms with Crippen LogP contribution in [-0.4, -0.2) is 46.5 Å². The van der Waals surface area contributed by atoms with Crippen LogP contribution in [0.1, 0.15) is 16.1 Å². The molecule has 0 fully saturated rings. The predicted octanol–water partition coefficient (Wildman–Crippen LogP) is 1.13. The number of nitrogens with zero attached hydrogens (tertiary/aromatic N) is 3. The zero-order valence-electron chi connectivity index (χ0n) is 15.6. The minimum Gasteiger partial charge on any atom is -0.451 e. The van der Waals surface area contributed by atoms with Gasteiger partial charge in [0.25, 0.3) is 11.5 Å². The Kier molecular flexibility index (Phi) is 5.09. The van der Waals surface area contributed by atoms with Gasteiger partial charge in [0.05, 0.1) is 18.5 Å². The normalized spacial score (nSPS) is 12.8. The highest BCUT2D eigenvalue weighted by Crippen LogP contribution is 2.27. The van der Waals surface area contributed by atoms with Crippen molar-refractivity contribution in [2.24, 2.45) is 0 Å². The smallest absolute Gasteiger partial charge is 0.359 e. The van der Waals surface area contributed by atoms with Crippen LogP contribution in [0, 0.1) is 0 Å². The maximum atomic E-state index is 12.7. The van der Waals surface area contributed by atoms with Gasteiger partial charge in [0, 0.05) is 17.6 Å². The number of rotatable bonds is 5. The number of fused-ring (bicyclic) bond motifs is 2. The number of amides is 1.